The van der Waals surface area contributed by atoms with E-state index in [2.05, 4.69) is 34.1 Å². The molecule has 2 aliphatic heterocycles. The lowest BCUT2D eigenvalue weighted by Crippen LogP contribution is -2.48. The number of carbonyl (C=O) groups is 1. The average Bonchev–Trinajstić information content (AvgIpc) is 2.72. The molecule has 1 fully saturated rings. The summed E-state index contributed by atoms with van der Waals surface area (Å²) in [7, 11) is 0. The summed E-state index contributed by atoms with van der Waals surface area (Å²) in [6.45, 7) is 3.91. The molecular weight excluding hydrogens is 356 g/mol. The molecule has 28 heavy (non-hydrogen) atoms. The number of rotatable bonds is 4. The van der Waals surface area contributed by atoms with E-state index in [1.807, 2.05) is 4.90 Å². The maximum absolute atomic E-state index is 12.5. The molecule has 1 saturated heterocycles. The van der Waals surface area contributed by atoms with E-state index in [4.69, 9.17) is 0 Å². The molecule has 1 aromatic carbocycles. The van der Waals surface area contributed by atoms with Crippen molar-refractivity contribution in [3.05, 3.63) is 68.5 Å². The van der Waals surface area contributed by atoms with Gasteiger partial charge in [0.15, 0.2) is 0 Å². The first-order valence-electron chi connectivity index (χ1n) is 9.98. The van der Waals surface area contributed by atoms with Gasteiger partial charge in [0, 0.05) is 57.4 Å². The van der Waals surface area contributed by atoms with Crippen molar-refractivity contribution in [3.8, 4) is 0 Å². The van der Waals surface area contributed by atoms with Crippen molar-refractivity contribution < 1.29 is 4.79 Å². The van der Waals surface area contributed by atoms with Crippen LogP contribution in [0, 0.1) is 0 Å². The molecule has 0 unspecified atom stereocenters. The minimum atomic E-state index is -0.468. The van der Waals surface area contributed by atoms with Gasteiger partial charge in [0.1, 0.15) is 0 Å². The lowest BCUT2D eigenvalue weighted by atomic mass is 9.95. The van der Waals surface area contributed by atoms with Crippen molar-refractivity contribution in [2.24, 2.45) is 0 Å². The van der Waals surface area contributed by atoms with Gasteiger partial charge in [0.2, 0.25) is 5.91 Å². The fourth-order valence-electron chi connectivity index (χ4n) is 4.30. The van der Waals surface area contributed by atoms with Crippen LogP contribution < -0.4 is 11.2 Å². The molecule has 2 aromatic rings. The van der Waals surface area contributed by atoms with Gasteiger partial charge in [-0.15, -0.1) is 0 Å². The highest BCUT2D eigenvalue weighted by molar-refractivity contribution is 5.76. The van der Waals surface area contributed by atoms with Crippen molar-refractivity contribution in [3.63, 3.8) is 0 Å². The quantitative estimate of drug-likeness (QED) is 0.855. The molecule has 1 aromatic heterocycles. The third kappa shape index (κ3) is 4.09. The van der Waals surface area contributed by atoms with Crippen molar-refractivity contribution in [1.29, 1.82) is 0 Å². The lowest BCUT2D eigenvalue weighted by Gasteiger charge is -2.40. The Balaban J connectivity index is 1.27. The molecule has 2 aliphatic rings. The number of likely N-dealkylation sites (tertiary alicyclic amines) is 1. The fourth-order valence-corrected chi connectivity index (χ4v) is 4.30. The van der Waals surface area contributed by atoms with E-state index < -0.39 is 11.2 Å². The Kier molecular flexibility index (Phi) is 5.43. The summed E-state index contributed by atoms with van der Waals surface area (Å²) in [5, 5.41) is 0. The second-order valence-corrected chi connectivity index (χ2v) is 7.65. The second kappa shape index (κ2) is 8.14. The van der Waals surface area contributed by atoms with E-state index in [9.17, 15) is 14.4 Å². The Morgan fingerprint density at radius 2 is 1.79 bits per heavy atom. The van der Waals surface area contributed by atoms with Crippen LogP contribution in [-0.4, -0.2) is 50.9 Å². The van der Waals surface area contributed by atoms with E-state index in [0.29, 0.717) is 6.04 Å². The van der Waals surface area contributed by atoms with Crippen LogP contribution in [0.25, 0.3) is 0 Å². The Hall–Kier alpha value is -2.67. The topological polar surface area (TPSA) is 78.4 Å². The number of fused-ring (bicyclic) bond motifs is 1. The molecule has 4 rings (SSSR count). The highest BCUT2D eigenvalue weighted by Gasteiger charge is 2.28. The van der Waals surface area contributed by atoms with Crippen LogP contribution in [-0.2, 0) is 24.3 Å². The lowest BCUT2D eigenvalue weighted by molar-refractivity contribution is -0.133. The molecule has 1 N–H and O–H groups in total. The molecule has 7 heteroatoms. The number of aryl methyl sites for hydroxylation is 1. The van der Waals surface area contributed by atoms with Crippen LogP contribution >= 0.6 is 0 Å². The number of nitrogens with zero attached hydrogens (tertiary/aromatic N) is 3. The van der Waals surface area contributed by atoms with Crippen LogP contribution in [0.2, 0.25) is 0 Å². The largest absolute Gasteiger partial charge is 0.343 e. The first-order chi connectivity index (χ1) is 13.6. The molecule has 0 aliphatic carbocycles. The molecule has 0 radical (unpaired) electrons. The molecular formula is C21H26N4O3. The third-order valence-corrected chi connectivity index (χ3v) is 5.96. The number of nitrogens with one attached hydrogen (secondary N) is 1. The van der Waals surface area contributed by atoms with Gasteiger partial charge in [-0.05, 0) is 30.4 Å². The van der Waals surface area contributed by atoms with Crippen LogP contribution in [0.4, 0.5) is 0 Å². The molecule has 0 atom stereocenters. The molecule has 0 bridgehead atoms. The van der Waals surface area contributed by atoms with Gasteiger partial charge in [0.25, 0.3) is 5.56 Å². The molecule has 0 saturated carbocycles. The summed E-state index contributed by atoms with van der Waals surface area (Å²) in [6.07, 6.45) is 4.80. The minimum absolute atomic E-state index is 0.0699. The number of H-pyrrole nitrogens is 1. The molecule has 1 amide bonds. The SMILES string of the molecule is O=C(CCn1ccc(=O)[nH]c1=O)N1CCC(N2CCc3ccccc3C2)CC1. The van der Waals surface area contributed by atoms with E-state index in [1.54, 1.807) is 0 Å². The number of piperidine rings is 1. The van der Waals surface area contributed by atoms with E-state index >= 15 is 0 Å². The number of amides is 1. The van der Waals surface area contributed by atoms with E-state index in [1.165, 1.54) is 28.0 Å². The standard InChI is InChI=1S/C21H26N4O3/c26-19-8-13-24(21(28)22-19)14-9-20(27)23-11-6-18(7-12-23)25-10-5-16-3-1-2-4-17(16)15-25/h1-4,8,13,18H,5-7,9-12,14-15H2,(H,22,26,28). The van der Waals surface area contributed by atoms with Crippen molar-refractivity contribution >= 4 is 5.91 Å². The number of hydrogen-bond acceptors (Lipinski definition) is 4. The summed E-state index contributed by atoms with van der Waals surface area (Å²) in [6, 6.07) is 10.5. The van der Waals surface area contributed by atoms with Gasteiger partial charge in [-0.2, -0.15) is 0 Å². The third-order valence-electron chi connectivity index (χ3n) is 5.96. The highest BCUT2D eigenvalue weighted by atomic mass is 16.2. The van der Waals surface area contributed by atoms with E-state index in [0.717, 1.165) is 45.4 Å². The summed E-state index contributed by atoms with van der Waals surface area (Å²) in [4.78, 5) is 42.0. The van der Waals surface area contributed by atoms with Gasteiger partial charge < -0.3 is 9.47 Å². The Labute approximate surface area is 163 Å². The van der Waals surface area contributed by atoms with Crippen LogP contribution in [0.15, 0.2) is 46.1 Å². The summed E-state index contributed by atoms with van der Waals surface area (Å²) in [5.41, 5.74) is 2.00. The normalized spacial score (nSPS) is 18.1. The monoisotopic (exact) mass is 382 g/mol. The summed E-state index contributed by atoms with van der Waals surface area (Å²) >= 11 is 0. The maximum atomic E-state index is 12.5. The summed E-state index contributed by atoms with van der Waals surface area (Å²) in [5.74, 6) is 0.0699. The van der Waals surface area contributed by atoms with Crippen LogP contribution in [0.5, 0.6) is 0 Å². The first-order valence-corrected chi connectivity index (χ1v) is 9.98. The molecule has 7 nitrogen and oxygen atoms in total. The zero-order chi connectivity index (χ0) is 19.5. The first kappa shape index (κ1) is 18.7. The van der Waals surface area contributed by atoms with Crippen molar-refractivity contribution in [1.82, 2.24) is 19.4 Å². The predicted molar refractivity (Wildman–Crippen MR) is 106 cm³/mol. The van der Waals surface area contributed by atoms with Gasteiger partial charge in [-0.25, -0.2) is 4.79 Å². The molecule has 3 heterocycles. The Bertz CT molecular complexity index is 956. The number of hydrogen-bond donors (Lipinski definition) is 1. The van der Waals surface area contributed by atoms with Gasteiger partial charge >= 0.3 is 5.69 Å². The van der Waals surface area contributed by atoms with Gasteiger partial charge in [0.05, 0.1) is 0 Å². The Morgan fingerprint density at radius 1 is 1.04 bits per heavy atom. The van der Waals surface area contributed by atoms with Gasteiger partial charge in [-0.1, -0.05) is 24.3 Å². The molecule has 148 valence electrons. The number of benzene rings is 1. The maximum Gasteiger partial charge on any atom is 0.328 e. The van der Waals surface area contributed by atoms with E-state index in [-0.39, 0.29) is 18.9 Å². The average molecular weight is 382 g/mol. The zero-order valence-electron chi connectivity index (χ0n) is 16.0. The van der Waals surface area contributed by atoms with Gasteiger partial charge in [-0.3, -0.25) is 19.5 Å². The fraction of sp³-hybridized carbons (Fsp3) is 0.476. The number of aromatic nitrogens is 2. The predicted octanol–water partition coefficient (Wildman–Crippen LogP) is 0.976. The summed E-state index contributed by atoms with van der Waals surface area (Å²) < 4.78 is 1.37. The highest BCUT2D eigenvalue weighted by Crippen LogP contribution is 2.25. The minimum Gasteiger partial charge on any atom is -0.343 e. The van der Waals surface area contributed by atoms with Crippen molar-refractivity contribution in [2.75, 3.05) is 19.6 Å². The second-order valence-electron chi connectivity index (χ2n) is 7.65. The zero-order valence-corrected chi connectivity index (χ0v) is 16.0. The van der Waals surface area contributed by atoms with Crippen LogP contribution in [0.3, 0.4) is 0 Å². The smallest absolute Gasteiger partial charge is 0.328 e. The Morgan fingerprint density at radius 3 is 2.54 bits per heavy atom. The number of carbonyl (C=O) groups excluding carboxylic acids is 1. The van der Waals surface area contributed by atoms with Crippen LogP contribution in [0.1, 0.15) is 30.4 Å². The number of aromatic amines is 1. The molecule has 0 spiro atoms. The van der Waals surface area contributed by atoms with Crippen molar-refractivity contribution in [2.45, 2.75) is 44.8 Å².